The normalized spacial score (nSPS) is 13.4. The number of nitrogens with two attached hydrogens (primary N) is 1. The van der Waals surface area contributed by atoms with E-state index in [0.717, 1.165) is 30.3 Å². The Bertz CT molecular complexity index is 998. The molecule has 0 bridgehead atoms. The van der Waals surface area contributed by atoms with Gasteiger partial charge in [-0.2, -0.15) is 26.3 Å². The van der Waals surface area contributed by atoms with E-state index in [0.29, 0.717) is 12.1 Å². The van der Waals surface area contributed by atoms with E-state index >= 15 is 0 Å². The van der Waals surface area contributed by atoms with Crippen LogP contribution in [-0.2, 0) is 6.18 Å². The maximum atomic E-state index is 13.6. The average molecular weight is 520 g/mol. The first-order valence-electron chi connectivity index (χ1n) is 8.84. The third kappa shape index (κ3) is 6.54. The highest BCUT2D eigenvalue weighted by Gasteiger charge is 2.39. The summed E-state index contributed by atoms with van der Waals surface area (Å²) in [6.07, 6.45) is -8.18. The van der Waals surface area contributed by atoms with Crippen LogP contribution in [0.2, 0.25) is 15.1 Å². The quantitative estimate of drug-likeness (QED) is 0.329. The third-order valence-electron chi connectivity index (χ3n) is 4.22. The summed E-state index contributed by atoms with van der Waals surface area (Å²) < 4.78 is 81.2. The van der Waals surface area contributed by atoms with Gasteiger partial charge >= 0.3 is 12.4 Å². The molecule has 0 radical (unpaired) electrons. The molecule has 2 rings (SSSR count). The van der Waals surface area contributed by atoms with Gasteiger partial charge in [0.1, 0.15) is 0 Å². The largest absolute Gasteiger partial charge is 0.417 e. The predicted molar refractivity (Wildman–Crippen MR) is 112 cm³/mol. The maximum Gasteiger partial charge on any atom is 0.417 e. The Morgan fingerprint density at radius 3 is 2.12 bits per heavy atom. The van der Waals surface area contributed by atoms with E-state index < -0.39 is 35.3 Å². The first kappa shape index (κ1) is 26.3. The smallest absolute Gasteiger partial charge is 0.351 e. The molecule has 2 aromatic rings. The Kier molecular flexibility index (Phi) is 8.50. The molecule has 1 atom stereocenters. The Balaban J connectivity index is 2.48. The van der Waals surface area contributed by atoms with Crippen molar-refractivity contribution in [1.82, 2.24) is 5.32 Å². The van der Waals surface area contributed by atoms with Crippen LogP contribution in [0.25, 0.3) is 6.08 Å². The molecule has 12 heteroatoms. The van der Waals surface area contributed by atoms with E-state index in [1.165, 1.54) is 0 Å². The number of halogens is 9. The number of nitrogens with one attached hydrogen (secondary N) is 1. The first-order valence-corrected chi connectivity index (χ1v) is 9.98. The summed E-state index contributed by atoms with van der Waals surface area (Å²) in [6.45, 7) is -0.0251. The highest BCUT2D eigenvalue weighted by molar-refractivity contribution is 6.48. The van der Waals surface area contributed by atoms with Gasteiger partial charge in [0.2, 0.25) is 0 Å². The number of hydrogen-bond donors (Lipinski definition) is 2. The molecule has 2 aromatic carbocycles. The van der Waals surface area contributed by atoms with Crippen LogP contribution in [-0.4, -0.2) is 25.2 Å². The van der Waals surface area contributed by atoms with Gasteiger partial charge in [-0.15, -0.1) is 0 Å². The summed E-state index contributed by atoms with van der Waals surface area (Å²) in [6, 6.07) is 4.52. The summed E-state index contributed by atoms with van der Waals surface area (Å²) in [5, 5.41) is 1.69. The monoisotopic (exact) mass is 518 g/mol. The van der Waals surface area contributed by atoms with Crippen molar-refractivity contribution in [2.75, 3.05) is 13.1 Å². The van der Waals surface area contributed by atoms with E-state index in [1.807, 2.05) is 0 Å². The number of alkyl halides is 6. The van der Waals surface area contributed by atoms with Crippen molar-refractivity contribution < 1.29 is 31.1 Å². The zero-order valence-electron chi connectivity index (χ0n) is 15.9. The number of amides is 1. The standard InChI is InChI=1S/C20H15Cl3F6N2O/c21-15-8-11(9-16(22)17(15)23)13(19(24,25)26)4-2-10-1-3-12(18(32)31-6-5-30)14(7-10)20(27,28)29/h1-4,7-9,13H,5-6,30H2,(H,31,32). The van der Waals surface area contributed by atoms with Crippen molar-refractivity contribution in [3.8, 4) is 0 Å². The number of hydrogen-bond acceptors (Lipinski definition) is 2. The molecular weight excluding hydrogens is 505 g/mol. The lowest BCUT2D eigenvalue weighted by Crippen LogP contribution is -2.30. The van der Waals surface area contributed by atoms with Gasteiger partial charge < -0.3 is 11.1 Å². The minimum Gasteiger partial charge on any atom is -0.351 e. The molecule has 0 saturated heterocycles. The van der Waals surface area contributed by atoms with E-state index in [9.17, 15) is 31.1 Å². The van der Waals surface area contributed by atoms with Crippen molar-refractivity contribution in [2.24, 2.45) is 5.73 Å². The molecule has 0 fully saturated rings. The van der Waals surface area contributed by atoms with Gasteiger partial charge in [-0.05, 0) is 35.4 Å². The Labute approximate surface area is 194 Å². The van der Waals surface area contributed by atoms with Crippen molar-refractivity contribution >= 4 is 46.8 Å². The van der Waals surface area contributed by atoms with Crippen molar-refractivity contribution in [2.45, 2.75) is 18.3 Å². The molecule has 3 nitrogen and oxygen atoms in total. The molecule has 32 heavy (non-hydrogen) atoms. The minimum absolute atomic E-state index is 0.0193. The van der Waals surface area contributed by atoms with E-state index in [2.05, 4.69) is 5.32 Å². The van der Waals surface area contributed by atoms with Crippen molar-refractivity contribution in [1.29, 1.82) is 0 Å². The predicted octanol–water partition coefficient (Wildman–Crippen LogP) is 6.71. The summed E-state index contributed by atoms with van der Waals surface area (Å²) in [5.41, 5.74) is 2.70. The molecule has 1 amide bonds. The molecule has 0 aliphatic heterocycles. The molecule has 0 aliphatic rings. The maximum absolute atomic E-state index is 13.6. The van der Waals surface area contributed by atoms with Crippen LogP contribution >= 0.6 is 34.8 Å². The summed E-state index contributed by atoms with van der Waals surface area (Å²) in [5.74, 6) is -3.23. The van der Waals surface area contributed by atoms with Crippen LogP contribution < -0.4 is 11.1 Å². The molecule has 1 unspecified atom stereocenters. The lowest BCUT2D eigenvalue weighted by atomic mass is 9.96. The zero-order valence-corrected chi connectivity index (χ0v) is 18.2. The number of benzene rings is 2. The highest BCUT2D eigenvalue weighted by Crippen LogP contribution is 2.41. The molecule has 0 spiro atoms. The lowest BCUT2D eigenvalue weighted by molar-refractivity contribution is -0.139. The highest BCUT2D eigenvalue weighted by atomic mass is 35.5. The van der Waals surface area contributed by atoms with Gasteiger partial charge in [0, 0.05) is 13.1 Å². The van der Waals surface area contributed by atoms with Crippen LogP contribution in [0, 0.1) is 0 Å². The SMILES string of the molecule is NCCNC(=O)c1ccc(C=CC(c2cc(Cl)c(Cl)c(Cl)c2)C(F)(F)F)cc1C(F)(F)F. The first-order chi connectivity index (χ1) is 14.8. The second-order valence-corrected chi connectivity index (χ2v) is 7.72. The fourth-order valence-corrected chi connectivity index (χ4v) is 3.36. The van der Waals surface area contributed by atoms with Crippen LogP contribution in [0.15, 0.2) is 36.4 Å². The third-order valence-corrected chi connectivity index (χ3v) is 5.42. The fraction of sp³-hybridized carbons (Fsp3) is 0.250. The van der Waals surface area contributed by atoms with E-state index in [4.69, 9.17) is 40.5 Å². The molecule has 0 aliphatic carbocycles. The van der Waals surface area contributed by atoms with Gasteiger partial charge in [0.25, 0.3) is 5.91 Å². The Morgan fingerprint density at radius 1 is 1.03 bits per heavy atom. The number of carbonyl (C=O) groups excluding carboxylic acids is 1. The second-order valence-electron chi connectivity index (χ2n) is 6.52. The molecule has 0 saturated carbocycles. The summed E-state index contributed by atoms with van der Waals surface area (Å²) in [4.78, 5) is 12.0. The van der Waals surface area contributed by atoms with Gasteiger partial charge in [-0.1, -0.05) is 53.0 Å². The van der Waals surface area contributed by atoms with Gasteiger partial charge in [0.05, 0.1) is 32.1 Å². The summed E-state index contributed by atoms with van der Waals surface area (Å²) >= 11 is 17.4. The summed E-state index contributed by atoms with van der Waals surface area (Å²) in [7, 11) is 0. The zero-order chi connectivity index (χ0) is 24.3. The molecular formula is C20H15Cl3F6N2O. The van der Waals surface area contributed by atoms with Crippen molar-refractivity contribution in [3.05, 3.63) is 73.7 Å². The van der Waals surface area contributed by atoms with E-state index in [-0.39, 0.29) is 39.3 Å². The van der Waals surface area contributed by atoms with Crippen LogP contribution in [0.4, 0.5) is 26.3 Å². The Morgan fingerprint density at radius 2 is 1.62 bits per heavy atom. The van der Waals surface area contributed by atoms with Crippen LogP contribution in [0.5, 0.6) is 0 Å². The van der Waals surface area contributed by atoms with Gasteiger partial charge in [-0.25, -0.2) is 0 Å². The molecule has 174 valence electrons. The van der Waals surface area contributed by atoms with Gasteiger partial charge in [-0.3, -0.25) is 4.79 Å². The van der Waals surface area contributed by atoms with Crippen molar-refractivity contribution in [3.63, 3.8) is 0 Å². The molecule has 0 aromatic heterocycles. The lowest BCUT2D eigenvalue weighted by Gasteiger charge is -2.18. The number of allylic oxidation sites excluding steroid dienone is 1. The topological polar surface area (TPSA) is 55.1 Å². The Hall–Kier alpha value is -1.94. The van der Waals surface area contributed by atoms with Crippen LogP contribution in [0.3, 0.4) is 0 Å². The molecule has 0 heterocycles. The van der Waals surface area contributed by atoms with E-state index in [1.54, 1.807) is 0 Å². The average Bonchev–Trinajstić information content (AvgIpc) is 2.68. The number of carbonyl (C=O) groups is 1. The van der Waals surface area contributed by atoms with Crippen LogP contribution in [0.1, 0.15) is 33.0 Å². The van der Waals surface area contributed by atoms with Gasteiger partial charge in [0.15, 0.2) is 0 Å². The fourth-order valence-electron chi connectivity index (χ4n) is 2.75. The minimum atomic E-state index is -4.92. The second kappa shape index (κ2) is 10.3. The molecule has 3 N–H and O–H groups in total. The number of rotatable bonds is 6.